The third kappa shape index (κ3) is 62.0. The van der Waals surface area contributed by atoms with Crippen LogP contribution >= 0.6 is 0 Å². The second-order valence-electron chi connectivity index (χ2n) is 20.2. The van der Waals surface area contributed by atoms with Gasteiger partial charge in [0.05, 0.1) is 0 Å². The van der Waals surface area contributed by atoms with E-state index in [-0.39, 0.29) is 31.6 Å². The maximum absolute atomic E-state index is 12.9. The topological polar surface area (TPSA) is 78.9 Å². The summed E-state index contributed by atoms with van der Waals surface area (Å²) in [6, 6.07) is 0. The van der Waals surface area contributed by atoms with Crippen molar-refractivity contribution in [1.29, 1.82) is 0 Å². The van der Waals surface area contributed by atoms with Gasteiger partial charge in [-0.1, -0.05) is 263 Å². The Bertz CT molecular complexity index is 1700. The first-order valence-corrected chi connectivity index (χ1v) is 31.3. The Morgan fingerprint density at radius 2 is 0.532 bits per heavy atom. The number of hydrogen-bond donors (Lipinski definition) is 0. The van der Waals surface area contributed by atoms with Crippen LogP contribution in [0.15, 0.2) is 146 Å². The Morgan fingerprint density at radius 3 is 0.844 bits per heavy atom. The van der Waals surface area contributed by atoms with Crippen LogP contribution in [0.2, 0.25) is 0 Å². The first kappa shape index (κ1) is 72.3. The summed E-state index contributed by atoms with van der Waals surface area (Å²) in [5, 5.41) is 0. The van der Waals surface area contributed by atoms with Crippen molar-refractivity contribution in [3.8, 4) is 0 Å². The molecule has 0 rings (SSSR count). The second-order valence-corrected chi connectivity index (χ2v) is 20.2. The number of rotatable bonds is 55. The lowest BCUT2D eigenvalue weighted by molar-refractivity contribution is -0.166. The predicted octanol–water partition coefficient (Wildman–Crippen LogP) is 21.5. The Kier molecular flexibility index (Phi) is 59.9. The third-order valence-electron chi connectivity index (χ3n) is 12.8. The largest absolute Gasteiger partial charge is 0.462 e. The maximum atomic E-state index is 12.9. The minimum atomic E-state index is -0.831. The molecule has 0 aliphatic heterocycles. The van der Waals surface area contributed by atoms with Gasteiger partial charge in [0.15, 0.2) is 6.10 Å². The van der Waals surface area contributed by atoms with E-state index in [4.69, 9.17) is 14.2 Å². The van der Waals surface area contributed by atoms with Crippen LogP contribution < -0.4 is 0 Å². The van der Waals surface area contributed by atoms with Crippen molar-refractivity contribution in [1.82, 2.24) is 0 Å². The summed E-state index contributed by atoms with van der Waals surface area (Å²) in [5.74, 6) is -1.02. The number of unbranched alkanes of at least 4 members (excludes halogenated alkanes) is 20. The van der Waals surface area contributed by atoms with Gasteiger partial charge in [-0.15, -0.1) is 0 Å². The minimum Gasteiger partial charge on any atom is -0.462 e. The van der Waals surface area contributed by atoms with E-state index in [1.807, 2.05) is 6.08 Å². The Labute approximate surface area is 474 Å². The maximum Gasteiger partial charge on any atom is 0.306 e. The fraction of sp³-hybridized carbons (Fsp3) is 0.620. The molecular weight excluding hydrogens is 949 g/mol. The molecule has 6 nitrogen and oxygen atoms in total. The zero-order valence-corrected chi connectivity index (χ0v) is 49.7. The number of ether oxygens (including phenoxy) is 3. The Balaban J connectivity index is 4.51. The Morgan fingerprint density at radius 1 is 0.273 bits per heavy atom. The van der Waals surface area contributed by atoms with Gasteiger partial charge in [0, 0.05) is 19.3 Å². The molecule has 0 aromatic heterocycles. The van der Waals surface area contributed by atoms with Crippen molar-refractivity contribution in [2.45, 2.75) is 271 Å². The molecule has 0 aromatic carbocycles. The summed E-state index contributed by atoms with van der Waals surface area (Å²) in [6.07, 6.45) is 91.4. The lowest BCUT2D eigenvalue weighted by atomic mass is 10.1. The van der Waals surface area contributed by atoms with Gasteiger partial charge in [-0.05, 0) is 128 Å². The van der Waals surface area contributed by atoms with Crippen LogP contribution in [0.5, 0.6) is 0 Å². The third-order valence-corrected chi connectivity index (χ3v) is 12.8. The van der Waals surface area contributed by atoms with Crippen LogP contribution in [-0.2, 0) is 28.6 Å². The van der Waals surface area contributed by atoms with Crippen LogP contribution in [0.4, 0.5) is 0 Å². The van der Waals surface area contributed by atoms with Gasteiger partial charge in [-0.2, -0.15) is 0 Å². The molecule has 0 amide bonds. The molecule has 434 valence electrons. The van der Waals surface area contributed by atoms with Gasteiger partial charge in [-0.3, -0.25) is 14.4 Å². The molecule has 0 saturated carbocycles. The number of allylic oxidation sites excluding steroid dienone is 24. The lowest BCUT2D eigenvalue weighted by Crippen LogP contribution is -2.30. The molecule has 0 aliphatic carbocycles. The van der Waals surface area contributed by atoms with Crippen LogP contribution in [-0.4, -0.2) is 37.2 Å². The number of carbonyl (C=O) groups is 3. The number of carbonyl (C=O) groups excluding carboxylic acids is 3. The van der Waals surface area contributed by atoms with Gasteiger partial charge in [-0.25, -0.2) is 0 Å². The quantitative estimate of drug-likeness (QED) is 0.0261. The molecule has 0 radical (unpaired) electrons. The second kappa shape index (κ2) is 63.8. The molecule has 0 heterocycles. The molecule has 0 N–H and O–H groups in total. The van der Waals surface area contributed by atoms with Gasteiger partial charge >= 0.3 is 17.9 Å². The van der Waals surface area contributed by atoms with Crippen LogP contribution in [0, 0.1) is 0 Å². The normalized spacial score (nSPS) is 13.1. The molecule has 1 unspecified atom stereocenters. The summed E-state index contributed by atoms with van der Waals surface area (Å²) >= 11 is 0. The first-order chi connectivity index (χ1) is 38.0. The van der Waals surface area contributed by atoms with E-state index in [0.29, 0.717) is 19.3 Å². The van der Waals surface area contributed by atoms with Crippen molar-refractivity contribution >= 4 is 17.9 Å². The molecule has 6 heteroatoms. The van der Waals surface area contributed by atoms with E-state index in [2.05, 4.69) is 161 Å². The molecular formula is C71H114O6. The zero-order valence-electron chi connectivity index (χ0n) is 49.7. The summed E-state index contributed by atoms with van der Waals surface area (Å²) in [6.45, 7) is 6.32. The summed E-state index contributed by atoms with van der Waals surface area (Å²) in [7, 11) is 0. The fourth-order valence-electron chi connectivity index (χ4n) is 8.20. The van der Waals surface area contributed by atoms with Gasteiger partial charge in [0.2, 0.25) is 0 Å². The number of esters is 3. The van der Waals surface area contributed by atoms with Crippen LogP contribution in [0.3, 0.4) is 0 Å². The van der Waals surface area contributed by atoms with Crippen molar-refractivity contribution in [2.24, 2.45) is 0 Å². The lowest BCUT2D eigenvalue weighted by Gasteiger charge is -2.18. The van der Waals surface area contributed by atoms with Gasteiger partial charge in [0.25, 0.3) is 0 Å². The van der Waals surface area contributed by atoms with Crippen molar-refractivity contribution < 1.29 is 28.6 Å². The standard InChI is InChI=1S/C71H114O6/c1-4-7-10-13-16-19-22-25-28-31-33-34-35-36-38-40-43-46-49-52-55-58-61-64-70(73)76-67-68(66-75-69(72)63-60-57-54-51-48-45-42-39-30-27-24-21-18-15-12-9-6-3)77-71(74)65-62-59-56-53-50-47-44-41-37-32-29-26-23-20-17-14-11-8-5-2/h7-8,10-11,16-21,25-30,33-34,37,41,47,50,56,59,68H,4-6,9,12-15,22-24,31-32,35-36,38-40,42-46,48-49,51-55,57-58,60-67H2,1-3H3/b10-7-,11-8-,19-16-,20-17-,21-18-,28-25-,29-26-,30-27-,34-33-,41-37-,50-47-,59-56-. The minimum absolute atomic E-state index is 0.118. The fourth-order valence-corrected chi connectivity index (χ4v) is 8.20. The molecule has 77 heavy (non-hydrogen) atoms. The SMILES string of the molecule is CC/C=C\C/C=C\C/C=C\C/C=C\C/C=C\C/C=C\CCC(=O)OC(COC(=O)CCCCCCCCC/C=C\C/C=C\CCCCC)COC(=O)CCCCCCCCCCCC/C=C\C/C=C\C/C=C\C/C=C\CC. The van der Waals surface area contributed by atoms with E-state index < -0.39 is 12.1 Å². The molecule has 0 aliphatic rings. The average molecular weight is 1060 g/mol. The number of hydrogen-bond acceptors (Lipinski definition) is 6. The van der Waals surface area contributed by atoms with Crippen molar-refractivity contribution in [2.75, 3.05) is 13.2 Å². The molecule has 1 atom stereocenters. The molecule has 0 aromatic rings. The highest BCUT2D eigenvalue weighted by Crippen LogP contribution is 2.15. The van der Waals surface area contributed by atoms with E-state index in [1.54, 1.807) is 0 Å². The molecule has 0 spiro atoms. The summed E-state index contributed by atoms with van der Waals surface area (Å²) < 4.78 is 16.8. The van der Waals surface area contributed by atoms with E-state index in [9.17, 15) is 14.4 Å². The van der Waals surface area contributed by atoms with Crippen molar-refractivity contribution in [3.05, 3.63) is 146 Å². The highest BCUT2D eigenvalue weighted by molar-refractivity contribution is 5.71. The first-order valence-electron chi connectivity index (χ1n) is 31.3. The van der Waals surface area contributed by atoms with Crippen molar-refractivity contribution in [3.63, 3.8) is 0 Å². The summed E-state index contributed by atoms with van der Waals surface area (Å²) in [5.41, 5.74) is 0. The molecule has 0 saturated heterocycles. The van der Waals surface area contributed by atoms with E-state index in [0.717, 1.165) is 116 Å². The van der Waals surface area contributed by atoms with E-state index in [1.165, 1.54) is 103 Å². The highest BCUT2D eigenvalue weighted by atomic mass is 16.6. The molecule has 0 fully saturated rings. The van der Waals surface area contributed by atoms with Crippen LogP contribution in [0.1, 0.15) is 265 Å². The highest BCUT2D eigenvalue weighted by Gasteiger charge is 2.19. The van der Waals surface area contributed by atoms with Gasteiger partial charge in [0.1, 0.15) is 13.2 Å². The van der Waals surface area contributed by atoms with Crippen LogP contribution in [0.25, 0.3) is 0 Å². The molecule has 0 bridgehead atoms. The predicted molar refractivity (Wildman–Crippen MR) is 334 cm³/mol. The average Bonchev–Trinajstić information content (AvgIpc) is 3.43. The monoisotopic (exact) mass is 1060 g/mol. The zero-order chi connectivity index (χ0) is 55.7. The Hall–Kier alpha value is -4.71. The smallest absolute Gasteiger partial charge is 0.306 e. The van der Waals surface area contributed by atoms with Gasteiger partial charge < -0.3 is 14.2 Å². The van der Waals surface area contributed by atoms with E-state index >= 15 is 0 Å². The summed E-state index contributed by atoms with van der Waals surface area (Å²) in [4.78, 5) is 38.3.